The number of hydrogen-bond donors (Lipinski definition) is 0. The molecule has 2 heterocycles. The Morgan fingerprint density at radius 2 is 2.07 bits per heavy atom. The van der Waals surface area contributed by atoms with Crippen LogP contribution in [0.25, 0.3) is 5.69 Å². The number of halogens is 3. The molecule has 154 valence electrons. The zero-order valence-corrected chi connectivity index (χ0v) is 16.5. The molecule has 0 aliphatic heterocycles. The Morgan fingerprint density at radius 1 is 1.31 bits per heavy atom. The summed E-state index contributed by atoms with van der Waals surface area (Å²) >= 11 is 1.34. The first kappa shape index (κ1) is 20.6. The standard InChI is InChI=1S/C18H17F3N4O3S/c1-11(12-5-4-6-13(9-12)18(19,20)21)23-28-10-15-14(7-8-29-15)25-16(27-3)22-24(2)17(25)26/h4-9H,10H2,1-3H3. The summed E-state index contributed by atoms with van der Waals surface area (Å²) < 4.78 is 46.2. The molecule has 11 heteroatoms. The zero-order valence-electron chi connectivity index (χ0n) is 15.7. The van der Waals surface area contributed by atoms with Gasteiger partial charge in [-0.3, -0.25) is 0 Å². The Morgan fingerprint density at radius 3 is 2.76 bits per heavy atom. The summed E-state index contributed by atoms with van der Waals surface area (Å²) in [6, 6.07) is 6.69. The quantitative estimate of drug-likeness (QED) is 0.446. The molecule has 0 spiro atoms. The number of oxime groups is 1. The SMILES string of the molecule is COc1nn(C)c(=O)n1-c1ccsc1CON=C(C)c1cccc(C(F)(F)F)c1. The van der Waals surface area contributed by atoms with Gasteiger partial charge in [-0.2, -0.15) is 13.2 Å². The molecule has 0 saturated carbocycles. The summed E-state index contributed by atoms with van der Waals surface area (Å²) in [7, 11) is 2.91. The van der Waals surface area contributed by atoms with Crippen molar-refractivity contribution in [3.8, 4) is 11.7 Å². The largest absolute Gasteiger partial charge is 0.467 e. The van der Waals surface area contributed by atoms with Crippen molar-refractivity contribution in [2.75, 3.05) is 7.11 Å². The van der Waals surface area contributed by atoms with E-state index < -0.39 is 11.7 Å². The van der Waals surface area contributed by atoms with E-state index in [4.69, 9.17) is 9.57 Å². The average Bonchev–Trinajstić information content (AvgIpc) is 3.25. The van der Waals surface area contributed by atoms with Gasteiger partial charge in [0, 0.05) is 7.05 Å². The van der Waals surface area contributed by atoms with Gasteiger partial charge in [0.25, 0.3) is 0 Å². The first-order valence-electron chi connectivity index (χ1n) is 8.33. The Labute approximate surface area is 167 Å². The van der Waals surface area contributed by atoms with Crippen LogP contribution in [0.15, 0.2) is 45.7 Å². The predicted molar refractivity (Wildman–Crippen MR) is 102 cm³/mol. The monoisotopic (exact) mass is 426 g/mol. The minimum Gasteiger partial charge on any atom is -0.467 e. The lowest BCUT2D eigenvalue weighted by Gasteiger charge is -2.09. The Hall–Kier alpha value is -3.08. The van der Waals surface area contributed by atoms with Crippen LogP contribution in [0, 0.1) is 0 Å². The number of alkyl halides is 3. The van der Waals surface area contributed by atoms with Gasteiger partial charge in [0.2, 0.25) is 0 Å². The molecule has 0 saturated heterocycles. The molecule has 3 aromatic rings. The summed E-state index contributed by atoms with van der Waals surface area (Å²) in [5, 5.41) is 9.68. The molecule has 7 nitrogen and oxygen atoms in total. The molecule has 0 atom stereocenters. The van der Waals surface area contributed by atoms with Gasteiger partial charge in [-0.15, -0.1) is 16.4 Å². The van der Waals surface area contributed by atoms with E-state index in [0.717, 1.165) is 16.8 Å². The van der Waals surface area contributed by atoms with Crippen molar-refractivity contribution >= 4 is 17.0 Å². The van der Waals surface area contributed by atoms with E-state index in [-0.39, 0.29) is 18.3 Å². The number of aromatic nitrogens is 3. The molecule has 0 N–H and O–H groups in total. The van der Waals surface area contributed by atoms with Crippen molar-refractivity contribution in [2.45, 2.75) is 19.7 Å². The van der Waals surface area contributed by atoms with Crippen LogP contribution in [0.3, 0.4) is 0 Å². The number of methoxy groups -OCH3 is 1. The van der Waals surface area contributed by atoms with Crippen LogP contribution >= 0.6 is 11.3 Å². The number of benzene rings is 1. The molecule has 1 aromatic carbocycles. The summed E-state index contributed by atoms with van der Waals surface area (Å²) in [6.45, 7) is 1.58. The highest BCUT2D eigenvalue weighted by Crippen LogP contribution is 2.29. The van der Waals surface area contributed by atoms with Crippen molar-refractivity contribution in [3.63, 3.8) is 0 Å². The van der Waals surface area contributed by atoms with E-state index >= 15 is 0 Å². The van der Waals surface area contributed by atoms with Crippen LogP contribution in [0.5, 0.6) is 6.01 Å². The second-order valence-electron chi connectivity index (χ2n) is 5.99. The number of hydrogen-bond acceptors (Lipinski definition) is 6. The van der Waals surface area contributed by atoms with Gasteiger partial charge in [-0.1, -0.05) is 17.3 Å². The third-order valence-electron chi connectivity index (χ3n) is 4.05. The maximum Gasteiger partial charge on any atom is 0.416 e. The number of ether oxygens (including phenoxy) is 1. The Balaban J connectivity index is 1.79. The van der Waals surface area contributed by atoms with Crippen molar-refractivity contribution < 1.29 is 22.7 Å². The van der Waals surface area contributed by atoms with Gasteiger partial charge in [0.1, 0.15) is 0 Å². The Bertz CT molecular complexity index is 1100. The van der Waals surface area contributed by atoms with E-state index in [0.29, 0.717) is 21.8 Å². The van der Waals surface area contributed by atoms with Crippen LogP contribution in [-0.4, -0.2) is 27.2 Å². The van der Waals surface area contributed by atoms with Gasteiger partial charge >= 0.3 is 17.9 Å². The van der Waals surface area contributed by atoms with E-state index in [1.807, 2.05) is 0 Å². The molecule has 0 aliphatic rings. The lowest BCUT2D eigenvalue weighted by Crippen LogP contribution is -2.22. The Kier molecular flexibility index (Phi) is 5.78. The smallest absolute Gasteiger partial charge is 0.416 e. The molecular weight excluding hydrogens is 409 g/mol. The number of nitrogens with zero attached hydrogens (tertiary/aromatic N) is 4. The fourth-order valence-electron chi connectivity index (χ4n) is 2.58. The van der Waals surface area contributed by atoms with Crippen LogP contribution < -0.4 is 10.4 Å². The minimum atomic E-state index is -4.43. The van der Waals surface area contributed by atoms with Crippen molar-refractivity contribution in [1.82, 2.24) is 14.3 Å². The van der Waals surface area contributed by atoms with Crippen molar-refractivity contribution in [1.29, 1.82) is 0 Å². The van der Waals surface area contributed by atoms with Crippen LogP contribution in [0.2, 0.25) is 0 Å². The van der Waals surface area contributed by atoms with E-state index in [1.54, 1.807) is 18.4 Å². The molecule has 0 amide bonds. The maximum atomic E-state index is 12.9. The minimum absolute atomic E-state index is 0.0216. The molecule has 0 aliphatic carbocycles. The van der Waals surface area contributed by atoms with Gasteiger partial charge in [0.05, 0.1) is 28.9 Å². The molecule has 29 heavy (non-hydrogen) atoms. The third kappa shape index (κ3) is 4.34. The molecule has 2 aromatic heterocycles. The highest BCUT2D eigenvalue weighted by molar-refractivity contribution is 7.10. The lowest BCUT2D eigenvalue weighted by molar-refractivity contribution is -0.137. The van der Waals surface area contributed by atoms with Gasteiger partial charge in [0.15, 0.2) is 6.61 Å². The predicted octanol–water partition coefficient (Wildman–Crippen LogP) is 3.60. The molecule has 0 bridgehead atoms. The van der Waals surface area contributed by atoms with Crippen LogP contribution in [0.4, 0.5) is 13.2 Å². The maximum absolute atomic E-state index is 12.9. The zero-order chi connectivity index (χ0) is 21.2. The number of aryl methyl sites for hydroxylation is 1. The number of rotatable bonds is 6. The van der Waals surface area contributed by atoms with E-state index in [2.05, 4.69) is 10.3 Å². The normalized spacial score (nSPS) is 12.3. The number of thiophene rings is 1. The highest BCUT2D eigenvalue weighted by Gasteiger charge is 2.30. The lowest BCUT2D eigenvalue weighted by atomic mass is 10.1. The fourth-order valence-corrected chi connectivity index (χ4v) is 3.34. The molecule has 0 radical (unpaired) electrons. The van der Waals surface area contributed by atoms with Gasteiger partial charge in [-0.05, 0) is 36.1 Å². The summed E-state index contributed by atoms with van der Waals surface area (Å²) in [4.78, 5) is 18.3. The van der Waals surface area contributed by atoms with Gasteiger partial charge < -0.3 is 9.57 Å². The average molecular weight is 426 g/mol. The summed E-state index contributed by atoms with van der Waals surface area (Å²) in [5.74, 6) is 0. The van der Waals surface area contributed by atoms with Gasteiger partial charge in [-0.25, -0.2) is 14.0 Å². The third-order valence-corrected chi connectivity index (χ3v) is 4.93. The second-order valence-corrected chi connectivity index (χ2v) is 6.99. The molecule has 0 unspecified atom stereocenters. The topological polar surface area (TPSA) is 70.6 Å². The molecule has 3 rings (SSSR count). The van der Waals surface area contributed by atoms with Crippen molar-refractivity contribution in [3.05, 3.63) is 62.2 Å². The summed E-state index contributed by atoms with van der Waals surface area (Å²) in [6.07, 6.45) is -4.43. The molecular formula is C18H17F3N4O3S. The first-order chi connectivity index (χ1) is 13.7. The van der Waals surface area contributed by atoms with Crippen LogP contribution in [-0.2, 0) is 24.7 Å². The first-order valence-corrected chi connectivity index (χ1v) is 9.21. The fraction of sp³-hybridized carbons (Fsp3) is 0.278. The molecule has 0 fully saturated rings. The van der Waals surface area contributed by atoms with E-state index in [9.17, 15) is 18.0 Å². The summed E-state index contributed by atoms with van der Waals surface area (Å²) in [5.41, 5.74) is -0.00290. The van der Waals surface area contributed by atoms with E-state index in [1.165, 1.54) is 42.2 Å². The highest BCUT2D eigenvalue weighted by atomic mass is 32.1. The second kappa shape index (κ2) is 8.11. The van der Waals surface area contributed by atoms with Crippen LogP contribution in [0.1, 0.15) is 22.9 Å². The van der Waals surface area contributed by atoms with Crippen molar-refractivity contribution in [2.24, 2.45) is 12.2 Å².